The first-order chi connectivity index (χ1) is 17.5. The molecule has 188 valence electrons. The number of piperazine rings is 2. The van der Waals surface area contributed by atoms with Gasteiger partial charge in [0.15, 0.2) is 5.78 Å². The molecule has 5 nitrogen and oxygen atoms in total. The van der Waals surface area contributed by atoms with Gasteiger partial charge in [-0.1, -0.05) is 36.1 Å². The minimum absolute atomic E-state index is 0.188. The molecule has 2 heterocycles. The lowest BCUT2D eigenvalue weighted by Crippen LogP contribution is -2.59. The van der Waals surface area contributed by atoms with Gasteiger partial charge in [-0.25, -0.2) is 0 Å². The van der Waals surface area contributed by atoms with Crippen LogP contribution in [0.3, 0.4) is 0 Å². The molecule has 0 radical (unpaired) electrons. The van der Waals surface area contributed by atoms with Crippen molar-refractivity contribution in [3.05, 3.63) is 70.8 Å². The minimum Gasteiger partial charge on any atom is -0.304 e. The molecular weight excluding hydrogens is 444 g/mol. The van der Waals surface area contributed by atoms with Crippen LogP contribution in [-0.2, 0) is 17.6 Å². The van der Waals surface area contributed by atoms with E-state index < -0.39 is 0 Å². The summed E-state index contributed by atoms with van der Waals surface area (Å²) < 4.78 is 0. The zero-order valence-electron chi connectivity index (χ0n) is 21.7. The van der Waals surface area contributed by atoms with Crippen molar-refractivity contribution in [2.75, 3.05) is 66.5 Å². The van der Waals surface area contributed by atoms with E-state index in [4.69, 9.17) is 12.8 Å². The minimum atomic E-state index is -0.188. The van der Waals surface area contributed by atoms with Gasteiger partial charge in [0.25, 0.3) is 0 Å². The van der Waals surface area contributed by atoms with Crippen molar-refractivity contribution in [3.63, 3.8) is 0 Å². The molecule has 0 bridgehead atoms. The zero-order chi connectivity index (χ0) is 25.5. The van der Waals surface area contributed by atoms with Gasteiger partial charge in [0.05, 0.1) is 12.1 Å². The van der Waals surface area contributed by atoms with Gasteiger partial charge in [-0.15, -0.1) is 12.8 Å². The first-order valence-electron chi connectivity index (χ1n) is 13.0. The lowest BCUT2D eigenvalue weighted by Gasteiger charge is -2.42. The highest BCUT2D eigenvalue weighted by molar-refractivity contribution is 5.89. The fourth-order valence-corrected chi connectivity index (χ4v) is 5.33. The second-order valence-electron chi connectivity index (χ2n) is 10.2. The molecule has 2 fully saturated rings. The van der Waals surface area contributed by atoms with Crippen LogP contribution in [0.5, 0.6) is 0 Å². The molecule has 4 rings (SSSR count). The Kier molecular flexibility index (Phi) is 8.97. The Bertz CT molecular complexity index is 1030. The number of carbonyl (C=O) groups is 1. The molecule has 2 unspecified atom stereocenters. The summed E-state index contributed by atoms with van der Waals surface area (Å²) in [4.78, 5) is 24.0. The summed E-state index contributed by atoms with van der Waals surface area (Å²) in [5, 5.41) is 0. The molecule has 0 N–H and O–H groups in total. The number of likely N-dealkylation sites (N-methyl/N-ethyl adjacent to an activating group) is 2. The van der Waals surface area contributed by atoms with Crippen LogP contribution in [0.1, 0.15) is 22.3 Å². The van der Waals surface area contributed by atoms with Gasteiger partial charge in [0, 0.05) is 63.5 Å². The van der Waals surface area contributed by atoms with Crippen LogP contribution in [-0.4, -0.2) is 104 Å². The van der Waals surface area contributed by atoms with Crippen LogP contribution in [0.15, 0.2) is 48.5 Å². The number of carbonyl (C=O) groups excluding carboxylic acids is 1. The maximum absolute atomic E-state index is 14.5. The van der Waals surface area contributed by atoms with Gasteiger partial charge in [0.2, 0.25) is 0 Å². The maximum atomic E-state index is 14.5. The molecule has 2 aliphatic rings. The number of ketones is 1. The number of benzene rings is 2. The Hall–Kier alpha value is -2.93. The monoisotopic (exact) mass is 482 g/mol. The quantitative estimate of drug-likeness (QED) is 0.539. The van der Waals surface area contributed by atoms with E-state index in [1.807, 2.05) is 24.3 Å². The van der Waals surface area contributed by atoms with Gasteiger partial charge in [-0.2, -0.15) is 0 Å². The number of Topliss-reactive ketones (excluding diaryl/α,β-unsaturated/α-hetero) is 1. The van der Waals surface area contributed by atoms with E-state index >= 15 is 0 Å². The Balaban J connectivity index is 1.65. The average Bonchev–Trinajstić information content (AvgIpc) is 2.91. The summed E-state index contributed by atoms with van der Waals surface area (Å²) >= 11 is 0. The maximum Gasteiger partial charge on any atom is 0.167 e. The molecule has 2 saturated heterocycles. The molecule has 0 aromatic heterocycles. The molecule has 0 saturated carbocycles. The third-order valence-electron chi connectivity index (χ3n) is 7.66. The molecule has 0 aliphatic carbocycles. The van der Waals surface area contributed by atoms with Crippen LogP contribution in [0.25, 0.3) is 0 Å². The third-order valence-corrected chi connectivity index (χ3v) is 7.66. The van der Waals surface area contributed by atoms with E-state index in [0.717, 1.165) is 74.6 Å². The Morgan fingerprint density at radius 1 is 0.722 bits per heavy atom. The van der Waals surface area contributed by atoms with Crippen molar-refractivity contribution in [1.82, 2.24) is 19.6 Å². The second-order valence-corrected chi connectivity index (χ2v) is 10.2. The average molecular weight is 483 g/mol. The third kappa shape index (κ3) is 6.64. The van der Waals surface area contributed by atoms with Gasteiger partial charge in [-0.3, -0.25) is 14.6 Å². The van der Waals surface area contributed by atoms with Crippen molar-refractivity contribution in [2.45, 2.75) is 24.9 Å². The molecule has 2 aromatic carbocycles. The topological polar surface area (TPSA) is 30.0 Å². The normalized spacial score (nSPS) is 19.8. The first kappa shape index (κ1) is 26.1. The number of rotatable bonds is 8. The van der Waals surface area contributed by atoms with E-state index in [1.54, 1.807) is 0 Å². The van der Waals surface area contributed by atoms with Crippen molar-refractivity contribution in [2.24, 2.45) is 0 Å². The van der Waals surface area contributed by atoms with Crippen LogP contribution in [0, 0.1) is 24.7 Å². The molecule has 0 spiro atoms. The van der Waals surface area contributed by atoms with Crippen molar-refractivity contribution in [3.8, 4) is 24.7 Å². The summed E-state index contributed by atoms with van der Waals surface area (Å²) in [5.74, 6) is 5.79. The van der Waals surface area contributed by atoms with Crippen molar-refractivity contribution in [1.29, 1.82) is 0 Å². The van der Waals surface area contributed by atoms with Gasteiger partial charge < -0.3 is 9.80 Å². The molecule has 5 heteroatoms. The van der Waals surface area contributed by atoms with E-state index in [2.05, 4.69) is 69.8 Å². The van der Waals surface area contributed by atoms with Crippen molar-refractivity contribution >= 4 is 5.78 Å². The number of hydrogen-bond donors (Lipinski definition) is 0. The fourth-order valence-electron chi connectivity index (χ4n) is 5.33. The van der Waals surface area contributed by atoms with Gasteiger partial charge >= 0.3 is 0 Å². The summed E-state index contributed by atoms with van der Waals surface area (Å²) in [6.07, 6.45) is 12.7. The lowest BCUT2D eigenvalue weighted by atomic mass is 9.90. The number of hydrogen-bond acceptors (Lipinski definition) is 5. The second kappa shape index (κ2) is 12.3. The highest BCUT2D eigenvalue weighted by Gasteiger charge is 2.36. The van der Waals surface area contributed by atoms with E-state index in [-0.39, 0.29) is 12.1 Å². The smallest absolute Gasteiger partial charge is 0.167 e. The van der Waals surface area contributed by atoms with Gasteiger partial charge in [-0.05, 0) is 62.3 Å². The highest BCUT2D eigenvalue weighted by atomic mass is 16.1. The standard InChI is InChI=1S/C31H38N4O/c1-5-25-9-7-11-27(21-25)23-29(34-17-13-32(3)14-18-34)31(36)30(35-19-15-33(4)16-20-35)24-28-12-8-10-26(6-2)22-28/h1-2,7-12,21-22,29-30H,13-20,23-24H2,3-4H3. The van der Waals surface area contributed by atoms with Crippen molar-refractivity contribution < 1.29 is 4.79 Å². The molecule has 36 heavy (non-hydrogen) atoms. The molecule has 0 amide bonds. The predicted molar refractivity (Wildman–Crippen MR) is 147 cm³/mol. The summed E-state index contributed by atoms with van der Waals surface area (Å²) in [5.41, 5.74) is 3.96. The van der Waals surface area contributed by atoms with E-state index in [0.29, 0.717) is 18.6 Å². The number of nitrogens with zero attached hydrogens (tertiary/aromatic N) is 4. The molecule has 2 aromatic rings. The molecule has 2 aliphatic heterocycles. The predicted octanol–water partition coefficient (Wildman–Crippen LogP) is 2.24. The van der Waals surface area contributed by atoms with Crippen LogP contribution < -0.4 is 0 Å². The largest absolute Gasteiger partial charge is 0.304 e. The lowest BCUT2D eigenvalue weighted by molar-refractivity contribution is -0.131. The first-order valence-corrected chi connectivity index (χ1v) is 13.0. The Labute approximate surface area is 217 Å². The SMILES string of the molecule is C#Cc1cccc(CC(C(=O)C(Cc2cccc(C#C)c2)N2CCN(C)CC2)N2CCN(C)CC2)c1. The summed E-state index contributed by atoms with van der Waals surface area (Å²) in [7, 11) is 4.30. The molecule has 2 atom stereocenters. The van der Waals surface area contributed by atoms with E-state index in [9.17, 15) is 4.79 Å². The van der Waals surface area contributed by atoms with Crippen LogP contribution in [0.2, 0.25) is 0 Å². The Morgan fingerprint density at radius 2 is 1.11 bits per heavy atom. The van der Waals surface area contributed by atoms with Crippen LogP contribution in [0.4, 0.5) is 0 Å². The molecular formula is C31H38N4O. The summed E-state index contributed by atoms with van der Waals surface area (Å²) in [6, 6.07) is 15.8. The Morgan fingerprint density at radius 3 is 1.47 bits per heavy atom. The van der Waals surface area contributed by atoms with Crippen LogP contribution >= 0.6 is 0 Å². The zero-order valence-corrected chi connectivity index (χ0v) is 21.7. The van der Waals surface area contributed by atoms with E-state index in [1.165, 1.54) is 0 Å². The fraction of sp³-hybridized carbons (Fsp3) is 0.452. The van der Waals surface area contributed by atoms with Gasteiger partial charge in [0.1, 0.15) is 0 Å². The summed E-state index contributed by atoms with van der Waals surface area (Å²) in [6.45, 7) is 7.45. The number of terminal acetylenes is 2. The highest BCUT2D eigenvalue weighted by Crippen LogP contribution is 2.21.